The molecule has 126 valence electrons. The molecule has 2 atom stereocenters. The summed E-state index contributed by atoms with van der Waals surface area (Å²) in [5, 5.41) is 3.13. The number of carbonyl (C=O) groups excluding carboxylic acids is 1. The molecule has 2 fully saturated rings. The highest BCUT2D eigenvalue weighted by Gasteiger charge is 2.29. The molecule has 1 aromatic carbocycles. The zero-order chi connectivity index (χ0) is 15.9. The Labute approximate surface area is 139 Å². The van der Waals surface area contributed by atoms with Gasteiger partial charge in [-0.25, -0.2) is 4.79 Å². The first-order valence-corrected chi connectivity index (χ1v) is 9.01. The Morgan fingerprint density at radius 1 is 1.09 bits per heavy atom. The van der Waals surface area contributed by atoms with Crippen molar-refractivity contribution in [3.63, 3.8) is 0 Å². The maximum Gasteiger partial charge on any atom is 0.407 e. The first-order chi connectivity index (χ1) is 11.3. The Kier molecular flexibility index (Phi) is 5.92. The SMILES string of the molecule is O=C(N[C@H]1CCCC[C@@H]1CN1CCCC1)OCc1ccccc1. The smallest absolute Gasteiger partial charge is 0.407 e. The van der Waals surface area contributed by atoms with Crippen LogP contribution in [0.25, 0.3) is 0 Å². The van der Waals surface area contributed by atoms with Gasteiger partial charge in [-0.05, 0) is 50.3 Å². The van der Waals surface area contributed by atoms with Gasteiger partial charge in [0.2, 0.25) is 0 Å². The van der Waals surface area contributed by atoms with E-state index < -0.39 is 0 Å². The number of hydrogen-bond donors (Lipinski definition) is 1. The molecule has 2 aliphatic rings. The highest BCUT2D eigenvalue weighted by Crippen LogP contribution is 2.26. The number of ether oxygens (including phenoxy) is 1. The number of alkyl carbamates (subject to hydrolysis) is 1. The molecule has 0 radical (unpaired) electrons. The molecule has 3 rings (SSSR count). The van der Waals surface area contributed by atoms with Crippen LogP contribution in [0.15, 0.2) is 30.3 Å². The van der Waals surface area contributed by atoms with E-state index in [4.69, 9.17) is 4.74 Å². The number of hydrogen-bond acceptors (Lipinski definition) is 3. The minimum atomic E-state index is -0.271. The van der Waals surface area contributed by atoms with E-state index >= 15 is 0 Å². The van der Waals surface area contributed by atoms with Crippen LogP contribution in [-0.2, 0) is 11.3 Å². The zero-order valence-corrected chi connectivity index (χ0v) is 13.9. The third-order valence-corrected chi connectivity index (χ3v) is 5.12. The molecule has 4 nitrogen and oxygen atoms in total. The lowest BCUT2D eigenvalue weighted by Crippen LogP contribution is -2.46. The van der Waals surface area contributed by atoms with Gasteiger partial charge in [0, 0.05) is 12.6 Å². The molecule has 23 heavy (non-hydrogen) atoms. The summed E-state index contributed by atoms with van der Waals surface area (Å²) in [5.41, 5.74) is 1.03. The van der Waals surface area contributed by atoms with Crippen LogP contribution in [0.2, 0.25) is 0 Å². The summed E-state index contributed by atoms with van der Waals surface area (Å²) in [7, 11) is 0. The van der Waals surface area contributed by atoms with Crippen molar-refractivity contribution in [2.24, 2.45) is 5.92 Å². The van der Waals surface area contributed by atoms with E-state index in [1.165, 1.54) is 45.2 Å². The predicted octanol–water partition coefficient (Wildman–Crippen LogP) is 3.57. The molecule has 1 heterocycles. The summed E-state index contributed by atoms with van der Waals surface area (Å²) in [5.74, 6) is 0.575. The third kappa shape index (κ3) is 4.96. The van der Waals surface area contributed by atoms with Crippen molar-refractivity contribution in [1.29, 1.82) is 0 Å². The van der Waals surface area contributed by atoms with Crippen LogP contribution in [0.4, 0.5) is 4.79 Å². The quantitative estimate of drug-likeness (QED) is 0.903. The topological polar surface area (TPSA) is 41.6 Å². The molecule has 4 heteroatoms. The summed E-state index contributed by atoms with van der Waals surface area (Å²) in [6.07, 6.45) is 7.18. The Balaban J connectivity index is 1.46. The number of carbonyl (C=O) groups is 1. The molecule has 1 saturated heterocycles. The van der Waals surface area contributed by atoms with Gasteiger partial charge in [-0.3, -0.25) is 0 Å². The van der Waals surface area contributed by atoms with Gasteiger partial charge in [-0.15, -0.1) is 0 Å². The van der Waals surface area contributed by atoms with E-state index in [9.17, 15) is 4.79 Å². The lowest BCUT2D eigenvalue weighted by Gasteiger charge is -2.34. The molecule has 0 unspecified atom stereocenters. The molecule has 1 N–H and O–H groups in total. The lowest BCUT2D eigenvalue weighted by atomic mass is 9.84. The number of nitrogens with one attached hydrogen (secondary N) is 1. The van der Waals surface area contributed by atoms with Gasteiger partial charge < -0.3 is 15.0 Å². The van der Waals surface area contributed by atoms with E-state index in [1.54, 1.807) is 0 Å². The van der Waals surface area contributed by atoms with Crippen LogP contribution in [-0.4, -0.2) is 36.7 Å². The Morgan fingerprint density at radius 3 is 2.61 bits per heavy atom. The summed E-state index contributed by atoms with van der Waals surface area (Å²) >= 11 is 0. The molecule has 1 aliphatic heterocycles. The molecule has 1 aliphatic carbocycles. The van der Waals surface area contributed by atoms with Gasteiger partial charge in [-0.1, -0.05) is 43.2 Å². The highest BCUT2D eigenvalue weighted by atomic mass is 16.5. The van der Waals surface area contributed by atoms with Gasteiger partial charge in [0.25, 0.3) is 0 Å². The number of likely N-dealkylation sites (tertiary alicyclic amines) is 1. The monoisotopic (exact) mass is 316 g/mol. The van der Waals surface area contributed by atoms with Gasteiger partial charge in [0.15, 0.2) is 0 Å². The van der Waals surface area contributed by atoms with Gasteiger partial charge in [-0.2, -0.15) is 0 Å². The Morgan fingerprint density at radius 2 is 1.83 bits per heavy atom. The largest absolute Gasteiger partial charge is 0.445 e. The van der Waals surface area contributed by atoms with Crippen molar-refractivity contribution >= 4 is 6.09 Å². The second kappa shape index (κ2) is 8.34. The van der Waals surface area contributed by atoms with Crippen LogP contribution in [0.3, 0.4) is 0 Å². The standard InChI is InChI=1S/C19H28N2O2/c22-19(23-15-16-8-2-1-3-9-16)20-18-11-5-4-10-17(18)14-21-12-6-7-13-21/h1-3,8-9,17-18H,4-7,10-15H2,(H,20,22)/t17-,18+/m1/s1. The zero-order valence-electron chi connectivity index (χ0n) is 13.9. The van der Waals surface area contributed by atoms with Crippen molar-refractivity contribution in [1.82, 2.24) is 10.2 Å². The highest BCUT2D eigenvalue weighted by molar-refractivity contribution is 5.67. The minimum absolute atomic E-state index is 0.271. The van der Waals surface area contributed by atoms with Gasteiger partial charge in [0.05, 0.1) is 0 Å². The first kappa shape index (κ1) is 16.3. The fourth-order valence-electron chi connectivity index (χ4n) is 3.83. The third-order valence-electron chi connectivity index (χ3n) is 5.12. The Bertz CT molecular complexity index is 485. The molecule has 1 saturated carbocycles. The summed E-state index contributed by atoms with van der Waals surface area (Å²) in [4.78, 5) is 14.7. The fourth-order valence-corrected chi connectivity index (χ4v) is 3.83. The summed E-state index contributed by atoms with van der Waals surface area (Å²) in [6, 6.07) is 10.1. The van der Waals surface area contributed by atoms with E-state index in [2.05, 4.69) is 10.2 Å². The van der Waals surface area contributed by atoms with Crippen LogP contribution in [0, 0.1) is 5.92 Å². The van der Waals surface area contributed by atoms with Crippen LogP contribution >= 0.6 is 0 Å². The van der Waals surface area contributed by atoms with Crippen LogP contribution < -0.4 is 5.32 Å². The summed E-state index contributed by atoms with van der Waals surface area (Å²) < 4.78 is 5.39. The first-order valence-electron chi connectivity index (χ1n) is 9.01. The maximum absolute atomic E-state index is 12.1. The molecule has 1 aromatic rings. The number of nitrogens with zero attached hydrogens (tertiary/aromatic N) is 1. The molecule has 0 bridgehead atoms. The lowest BCUT2D eigenvalue weighted by molar-refractivity contribution is 0.121. The second-order valence-corrected chi connectivity index (χ2v) is 6.86. The fraction of sp³-hybridized carbons (Fsp3) is 0.632. The minimum Gasteiger partial charge on any atom is -0.445 e. The van der Waals surface area contributed by atoms with Crippen LogP contribution in [0.1, 0.15) is 44.1 Å². The molecular weight excluding hydrogens is 288 g/mol. The number of benzene rings is 1. The Hall–Kier alpha value is -1.55. The normalized spacial score (nSPS) is 25.2. The van der Waals surface area contributed by atoms with Crippen LogP contribution in [0.5, 0.6) is 0 Å². The molecule has 1 amide bonds. The van der Waals surface area contributed by atoms with E-state index in [0.717, 1.165) is 18.5 Å². The number of amides is 1. The van der Waals surface area contributed by atoms with Crippen molar-refractivity contribution in [2.75, 3.05) is 19.6 Å². The molecular formula is C19H28N2O2. The molecule has 0 aromatic heterocycles. The maximum atomic E-state index is 12.1. The van der Waals surface area contributed by atoms with Crippen molar-refractivity contribution in [2.45, 2.75) is 51.2 Å². The van der Waals surface area contributed by atoms with E-state index in [0.29, 0.717) is 12.5 Å². The molecule has 0 spiro atoms. The average molecular weight is 316 g/mol. The van der Waals surface area contributed by atoms with E-state index in [1.807, 2.05) is 30.3 Å². The van der Waals surface area contributed by atoms with Crippen molar-refractivity contribution in [3.8, 4) is 0 Å². The van der Waals surface area contributed by atoms with Crippen molar-refractivity contribution in [3.05, 3.63) is 35.9 Å². The number of rotatable bonds is 5. The van der Waals surface area contributed by atoms with Crippen molar-refractivity contribution < 1.29 is 9.53 Å². The van der Waals surface area contributed by atoms with Gasteiger partial charge >= 0.3 is 6.09 Å². The van der Waals surface area contributed by atoms with E-state index in [-0.39, 0.29) is 12.1 Å². The van der Waals surface area contributed by atoms with Gasteiger partial charge in [0.1, 0.15) is 6.61 Å². The summed E-state index contributed by atoms with van der Waals surface area (Å²) in [6.45, 7) is 3.92. The average Bonchev–Trinajstić information content (AvgIpc) is 3.09. The predicted molar refractivity (Wildman–Crippen MR) is 91.2 cm³/mol. The second-order valence-electron chi connectivity index (χ2n) is 6.86.